The van der Waals surface area contributed by atoms with Gasteiger partial charge in [0.1, 0.15) is 0 Å². The molecule has 0 aliphatic heterocycles. The third kappa shape index (κ3) is 10.2. The van der Waals surface area contributed by atoms with E-state index in [1.807, 2.05) is 13.8 Å². The van der Waals surface area contributed by atoms with Crippen molar-refractivity contribution in [2.75, 3.05) is 19.0 Å². The van der Waals surface area contributed by atoms with Gasteiger partial charge in [-0.15, -0.1) is 0 Å². The van der Waals surface area contributed by atoms with Crippen molar-refractivity contribution in [1.29, 1.82) is 0 Å². The van der Waals surface area contributed by atoms with Crippen molar-refractivity contribution in [1.82, 2.24) is 0 Å². The van der Waals surface area contributed by atoms with Gasteiger partial charge in [-0.1, -0.05) is 0 Å². The molecule has 0 saturated carbocycles. The van der Waals surface area contributed by atoms with Gasteiger partial charge < -0.3 is 8.85 Å². The maximum absolute atomic E-state index is 5.47. The van der Waals surface area contributed by atoms with Crippen LogP contribution in [-0.4, -0.2) is 79.6 Å². The molecule has 0 rings (SSSR count). The van der Waals surface area contributed by atoms with Crippen molar-refractivity contribution in [3.8, 4) is 0 Å². The molecule has 0 radical (unpaired) electrons. The number of hydrogen-bond donors (Lipinski definition) is 1. The second-order valence-corrected chi connectivity index (χ2v) is 4.76. The summed E-state index contributed by atoms with van der Waals surface area (Å²) in [6, 6.07) is 1.09. The van der Waals surface area contributed by atoms with Gasteiger partial charge >= 0.3 is 60.7 Å². The van der Waals surface area contributed by atoms with Gasteiger partial charge in [0.2, 0.25) is 0 Å². The summed E-state index contributed by atoms with van der Waals surface area (Å²) < 4.78 is 10.9. The first kappa shape index (κ1) is 16.5. The summed E-state index contributed by atoms with van der Waals surface area (Å²) >= 11 is 4.14. The molecule has 0 aliphatic rings. The Morgan fingerprint density at radius 2 is 1.67 bits per heavy atom. The molecule has 0 bridgehead atoms. The van der Waals surface area contributed by atoms with E-state index in [4.69, 9.17) is 8.85 Å². The second-order valence-electron chi connectivity index (χ2n) is 2.21. The van der Waals surface area contributed by atoms with Crippen LogP contribution < -0.4 is 0 Å². The fourth-order valence-electron chi connectivity index (χ4n) is 0.845. The Kier molecular flexibility index (Phi) is 18.1. The molecule has 0 fully saturated rings. The Balaban J connectivity index is 0. The first-order valence-electron chi connectivity index (χ1n) is 4.19. The van der Waals surface area contributed by atoms with Crippen molar-refractivity contribution < 1.29 is 8.85 Å². The fraction of sp³-hybridized carbons (Fsp3) is 1.00. The summed E-state index contributed by atoms with van der Waals surface area (Å²) in [5, 5.41) is 0. The van der Waals surface area contributed by atoms with Gasteiger partial charge in [-0.05, 0) is 32.1 Å². The van der Waals surface area contributed by atoms with Crippen LogP contribution in [0.2, 0.25) is 6.04 Å². The first-order valence-corrected chi connectivity index (χ1v) is 6.58. The van der Waals surface area contributed by atoms with Crippen LogP contribution in [0.5, 0.6) is 0 Å². The average molecular weight is 234 g/mol. The zero-order valence-corrected chi connectivity index (χ0v) is 9.43. The van der Waals surface area contributed by atoms with E-state index in [-0.39, 0.29) is 51.4 Å². The van der Waals surface area contributed by atoms with Crippen LogP contribution in [-0.2, 0) is 8.85 Å². The summed E-state index contributed by atoms with van der Waals surface area (Å²) in [6.07, 6.45) is 1.11. The van der Waals surface area contributed by atoms with Gasteiger partial charge in [-0.2, -0.15) is 12.6 Å². The van der Waals surface area contributed by atoms with Gasteiger partial charge in [0.05, 0.1) is 0 Å². The quantitative estimate of drug-likeness (QED) is 0.522. The molecule has 0 amide bonds. The van der Waals surface area contributed by atoms with Crippen molar-refractivity contribution >= 4 is 73.3 Å². The molecule has 70 valence electrons. The summed E-state index contributed by atoms with van der Waals surface area (Å²) in [6.45, 7) is 5.59. The summed E-state index contributed by atoms with van der Waals surface area (Å²) in [4.78, 5) is 0. The zero-order valence-electron chi connectivity index (χ0n) is 7.38. The maximum atomic E-state index is 5.47. The molecule has 12 heavy (non-hydrogen) atoms. The molecule has 0 spiro atoms. The predicted molar refractivity (Wildman–Crippen MR) is 60.8 cm³/mol. The topological polar surface area (TPSA) is 18.5 Å². The van der Waals surface area contributed by atoms with Crippen LogP contribution in [0, 0.1) is 0 Å². The van der Waals surface area contributed by atoms with E-state index in [1.165, 1.54) is 0 Å². The molecule has 0 aromatic heterocycles. The SMILES string of the molecule is CCO[SiH](CCCS)OCC.[KH]. The molecule has 0 saturated heterocycles. The Labute approximate surface area is 125 Å². The standard InChI is InChI=1S/C7H18O2SSi.K.H/c1-3-8-11(9-4-2)7-5-6-10;;/h10-11H,3-7H2,1-2H3;;. The molecule has 0 aliphatic carbocycles. The van der Waals surface area contributed by atoms with E-state index >= 15 is 0 Å². The first-order chi connectivity index (χ1) is 5.35. The van der Waals surface area contributed by atoms with E-state index in [0.717, 1.165) is 31.4 Å². The van der Waals surface area contributed by atoms with Crippen molar-refractivity contribution in [3.63, 3.8) is 0 Å². The molecule has 5 heteroatoms. The van der Waals surface area contributed by atoms with Gasteiger partial charge in [-0.25, -0.2) is 0 Å². The van der Waals surface area contributed by atoms with E-state index in [2.05, 4.69) is 12.6 Å². The molecule has 0 N–H and O–H groups in total. The van der Waals surface area contributed by atoms with E-state index < -0.39 is 9.28 Å². The molecule has 0 aromatic rings. The molecule has 0 unspecified atom stereocenters. The molecule has 0 heterocycles. The van der Waals surface area contributed by atoms with Crippen LogP contribution in [0.25, 0.3) is 0 Å². The van der Waals surface area contributed by atoms with Crippen LogP contribution >= 0.6 is 12.6 Å². The summed E-state index contributed by atoms with van der Waals surface area (Å²) in [5.41, 5.74) is 0. The van der Waals surface area contributed by atoms with Crippen LogP contribution in [0.4, 0.5) is 0 Å². The molecule has 2 nitrogen and oxygen atoms in total. The number of hydrogen-bond acceptors (Lipinski definition) is 3. The summed E-state index contributed by atoms with van der Waals surface area (Å²) in [7, 11) is -1.30. The molecule has 0 aromatic carbocycles. The molecular formula is C7H19KO2SSi. The average Bonchev–Trinajstić information content (AvgIpc) is 2.01. The Hall–Kier alpha value is 2.12. The van der Waals surface area contributed by atoms with E-state index in [0.29, 0.717) is 0 Å². The van der Waals surface area contributed by atoms with Crippen molar-refractivity contribution in [2.24, 2.45) is 0 Å². The minimum atomic E-state index is -1.30. The normalized spacial score (nSPS) is 10.0. The Morgan fingerprint density at radius 3 is 2.00 bits per heavy atom. The third-order valence-electron chi connectivity index (χ3n) is 1.30. The van der Waals surface area contributed by atoms with E-state index in [9.17, 15) is 0 Å². The number of thiol groups is 1. The van der Waals surface area contributed by atoms with Crippen molar-refractivity contribution in [3.05, 3.63) is 0 Å². The van der Waals surface area contributed by atoms with Gasteiger partial charge in [0.15, 0.2) is 0 Å². The van der Waals surface area contributed by atoms with Crippen molar-refractivity contribution in [2.45, 2.75) is 26.3 Å². The van der Waals surface area contributed by atoms with Crippen LogP contribution in [0.15, 0.2) is 0 Å². The molecular weight excluding hydrogens is 215 g/mol. The Bertz CT molecular complexity index is 81.8. The van der Waals surface area contributed by atoms with Gasteiger partial charge in [0, 0.05) is 13.2 Å². The van der Waals surface area contributed by atoms with E-state index in [1.54, 1.807) is 0 Å². The third-order valence-corrected chi connectivity index (χ3v) is 3.91. The predicted octanol–water partition coefficient (Wildman–Crippen LogP) is 0.951. The summed E-state index contributed by atoms with van der Waals surface area (Å²) in [5.74, 6) is 0.934. The fourth-order valence-corrected chi connectivity index (χ4v) is 3.08. The second kappa shape index (κ2) is 13.1. The van der Waals surface area contributed by atoms with Gasteiger partial charge in [-0.3, -0.25) is 0 Å². The number of rotatable bonds is 7. The van der Waals surface area contributed by atoms with Crippen LogP contribution in [0.3, 0.4) is 0 Å². The van der Waals surface area contributed by atoms with Crippen LogP contribution in [0.1, 0.15) is 20.3 Å². The van der Waals surface area contributed by atoms with Gasteiger partial charge in [0.25, 0.3) is 0 Å². The molecule has 0 atom stereocenters. The zero-order chi connectivity index (χ0) is 8.53. The Morgan fingerprint density at radius 1 is 1.17 bits per heavy atom. The monoisotopic (exact) mass is 234 g/mol. The minimum absolute atomic E-state index is 0.